The van der Waals surface area contributed by atoms with Gasteiger partial charge in [-0.25, -0.2) is 4.79 Å². The molecule has 10 nitrogen and oxygen atoms in total. The maximum atomic E-state index is 13.7. The van der Waals surface area contributed by atoms with Gasteiger partial charge >= 0.3 is 6.03 Å². The van der Waals surface area contributed by atoms with Gasteiger partial charge in [-0.3, -0.25) is 14.4 Å². The Balaban J connectivity index is 1.76. The van der Waals surface area contributed by atoms with Gasteiger partial charge in [-0.2, -0.15) is 0 Å². The molecule has 2 aromatic carbocycles. The highest BCUT2D eigenvalue weighted by Crippen LogP contribution is 2.54. The molecule has 1 fully saturated rings. The van der Waals surface area contributed by atoms with Crippen molar-refractivity contribution in [3.05, 3.63) is 65.7 Å². The summed E-state index contributed by atoms with van der Waals surface area (Å²) in [5, 5.41) is 20.3. The monoisotopic (exact) mass is 537 g/mol. The van der Waals surface area contributed by atoms with Crippen LogP contribution in [0.4, 0.5) is 10.5 Å². The minimum atomic E-state index is -1.31. The first-order valence-electron chi connectivity index (χ1n) is 13.2. The fraction of sp³-hybridized carbons (Fsp3) is 0.448. The van der Waals surface area contributed by atoms with Gasteiger partial charge in [-0.05, 0) is 61.3 Å². The molecule has 5 amide bonds. The first-order valence-corrected chi connectivity index (χ1v) is 13.2. The first kappa shape index (κ1) is 29.6. The quantitative estimate of drug-likeness (QED) is 0.181. The Morgan fingerprint density at radius 3 is 2.13 bits per heavy atom. The highest BCUT2D eigenvalue weighted by Gasteiger charge is 2.59. The number of nitrogens with one attached hydrogen (secondary N) is 4. The van der Waals surface area contributed by atoms with Gasteiger partial charge in [0.05, 0.1) is 12.6 Å². The SMILES string of the molecule is C[C@@H](NC(=O)C1(C(=O)N[C@@H](CCCNC(N)=O)C(=O)Nc2ccc(CO)cc2)CC(C)(C)C1)c1ccccc1. The van der Waals surface area contributed by atoms with Crippen molar-refractivity contribution in [1.82, 2.24) is 16.0 Å². The predicted molar refractivity (Wildman–Crippen MR) is 148 cm³/mol. The summed E-state index contributed by atoms with van der Waals surface area (Å²) in [5.74, 6) is -1.32. The van der Waals surface area contributed by atoms with Crippen molar-refractivity contribution in [3.63, 3.8) is 0 Å². The molecule has 2 aromatic rings. The Hall–Kier alpha value is -3.92. The number of hydrogen-bond donors (Lipinski definition) is 6. The minimum absolute atomic E-state index is 0.122. The van der Waals surface area contributed by atoms with E-state index in [0.29, 0.717) is 30.5 Å². The number of hydrogen-bond acceptors (Lipinski definition) is 5. The van der Waals surface area contributed by atoms with Crippen molar-refractivity contribution < 1.29 is 24.3 Å². The van der Waals surface area contributed by atoms with Crippen molar-refractivity contribution in [1.29, 1.82) is 0 Å². The minimum Gasteiger partial charge on any atom is -0.392 e. The number of carbonyl (C=O) groups is 4. The Morgan fingerprint density at radius 1 is 0.949 bits per heavy atom. The zero-order chi connectivity index (χ0) is 28.6. The van der Waals surface area contributed by atoms with E-state index in [4.69, 9.17) is 5.73 Å². The number of primary amides is 1. The van der Waals surface area contributed by atoms with Crippen LogP contribution in [0.3, 0.4) is 0 Å². The maximum absolute atomic E-state index is 13.7. The van der Waals surface area contributed by atoms with Gasteiger partial charge in [-0.1, -0.05) is 56.3 Å². The first-order chi connectivity index (χ1) is 18.5. The number of carbonyl (C=O) groups excluding carboxylic acids is 4. The summed E-state index contributed by atoms with van der Waals surface area (Å²) in [6.45, 7) is 5.98. The third-order valence-corrected chi connectivity index (χ3v) is 7.07. The standard InChI is InChI=1S/C29H39N5O5/c1-19(21-8-5-4-6-9-21)32-25(37)29(17-28(2,3)18-29)26(38)34-23(10-7-15-31-27(30)39)24(36)33-22-13-11-20(16-35)12-14-22/h4-6,8-9,11-14,19,23,35H,7,10,15-18H2,1-3H3,(H,32,37)(H,33,36)(H,34,38)(H3,30,31,39)/t19-,23+/m1/s1. The molecule has 0 bridgehead atoms. The molecular weight excluding hydrogens is 498 g/mol. The lowest BCUT2D eigenvalue weighted by atomic mass is 9.53. The summed E-state index contributed by atoms with van der Waals surface area (Å²) in [4.78, 5) is 51.6. The zero-order valence-electron chi connectivity index (χ0n) is 22.8. The molecular formula is C29H39N5O5. The summed E-state index contributed by atoms with van der Waals surface area (Å²) < 4.78 is 0. The molecule has 3 rings (SSSR count). The molecule has 2 atom stereocenters. The molecule has 0 aliphatic heterocycles. The molecule has 0 aromatic heterocycles. The summed E-state index contributed by atoms with van der Waals surface area (Å²) in [7, 11) is 0. The van der Waals surface area contributed by atoms with E-state index in [1.807, 2.05) is 51.1 Å². The van der Waals surface area contributed by atoms with Crippen molar-refractivity contribution in [2.24, 2.45) is 16.6 Å². The van der Waals surface area contributed by atoms with Crippen molar-refractivity contribution >= 4 is 29.4 Å². The lowest BCUT2D eigenvalue weighted by Gasteiger charge is -2.51. The van der Waals surface area contributed by atoms with Gasteiger partial charge in [0.1, 0.15) is 11.5 Å². The molecule has 7 N–H and O–H groups in total. The maximum Gasteiger partial charge on any atom is 0.312 e. The number of aliphatic hydroxyl groups excluding tert-OH is 1. The smallest absolute Gasteiger partial charge is 0.312 e. The van der Waals surface area contributed by atoms with E-state index in [1.165, 1.54) is 0 Å². The molecule has 0 heterocycles. The summed E-state index contributed by atoms with van der Waals surface area (Å²) in [6, 6.07) is 14.3. The molecule has 10 heteroatoms. The molecule has 1 aliphatic carbocycles. The Morgan fingerprint density at radius 2 is 1.56 bits per heavy atom. The van der Waals surface area contributed by atoms with Crippen LogP contribution in [0.2, 0.25) is 0 Å². The van der Waals surface area contributed by atoms with E-state index in [2.05, 4.69) is 21.3 Å². The average molecular weight is 538 g/mol. The van der Waals surface area contributed by atoms with Crippen LogP contribution in [0.25, 0.3) is 0 Å². The second-order valence-electron chi connectivity index (χ2n) is 11.0. The molecule has 1 saturated carbocycles. The number of benzene rings is 2. The second-order valence-corrected chi connectivity index (χ2v) is 11.0. The number of amides is 5. The van der Waals surface area contributed by atoms with Gasteiger partial charge in [-0.15, -0.1) is 0 Å². The average Bonchev–Trinajstić information content (AvgIpc) is 2.89. The van der Waals surface area contributed by atoms with E-state index < -0.39 is 29.3 Å². The second kappa shape index (κ2) is 12.8. The molecule has 1 aliphatic rings. The van der Waals surface area contributed by atoms with Gasteiger partial charge in [0.15, 0.2) is 0 Å². The molecule has 0 saturated heterocycles. The number of nitrogens with two attached hydrogens (primary N) is 1. The molecule has 210 valence electrons. The van der Waals surface area contributed by atoms with Gasteiger partial charge in [0, 0.05) is 12.2 Å². The lowest BCUT2D eigenvalue weighted by molar-refractivity contribution is -0.160. The van der Waals surface area contributed by atoms with Crippen LogP contribution in [0.5, 0.6) is 0 Å². The number of anilines is 1. The fourth-order valence-electron chi connectivity index (χ4n) is 5.17. The van der Waals surface area contributed by atoms with Crippen LogP contribution in [-0.4, -0.2) is 41.4 Å². The van der Waals surface area contributed by atoms with Crippen LogP contribution in [0.15, 0.2) is 54.6 Å². The predicted octanol–water partition coefficient (Wildman–Crippen LogP) is 2.73. The fourth-order valence-corrected chi connectivity index (χ4v) is 5.17. The summed E-state index contributed by atoms with van der Waals surface area (Å²) in [5.41, 5.74) is 5.74. The van der Waals surface area contributed by atoms with Crippen LogP contribution in [0, 0.1) is 10.8 Å². The normalized spacial score (nSPS) is 16.6. The number of urea groups is 1. The third-order valence-electron chi connectivity index (χ3n) is 7.07. The Bertz CT molecular complexity index is 1160. The van der Waals surface area contributed by atoms with Gasteiger partial charge in [0.2, 0.25) is 17.7 Å². The van der Waals surface area contributed by atoms with Crippen molar-refractivity contribution in [3.8, 4) is 0 Å². The van der Waals surface area contributed by atoms with Crippen molar-refractivity contribution in [2.45, 2.75) is 65.1 Å². The van der Waals surface area contributed by atoms with Crippen LogP contribution in [0.1, 0.15) is 63.6 Å². The van der Waals surface area contributed by atoms with E-state index in [0.717, 1.165) is 5.56 Å². The van der Waals surface area contributed by atoms with E-state index in [9.17, 15) is 24.3 Å². The number of aliphatic hydroxyl groups is 1. The van der Waals surface area contributed by atoms with Crippen LogP contribution < -0.4 is 27.0 Å². The highest BCUT2D eigenvalue weighted by atomic mass is 16.3. The third kappa shape index (κ3) is 7.79. The Kier molecular flexibility index (Phi) is 9.69. The molecule has 0 unspecified atom stereocenters. The van der Waals surface area contributed by atoms with Crippen molar-refractivity contribution in [2.75, 3.05) is 11.9 Å². The summed E-state index contributed by atoms with van der Waals surface area (Å²) >= 11 is 0. The van der Waals surface area contributed by atoms with Gasteiger partial charge in [0.25, 0.3) is 0 Å². The van der Waals surface area contributed by atoms with Gasteiger partial charge < -0.3 is 32.1 Å². The van der Waals surface area contributed by atoms with E-state index in [1.54, 1.807) is 24.3 Å². The highest BCUT2D eigenvalue weighted by molar-refractivity contribution is 6.08. The Labute approximate surface area is 229 Å². The molecule has 0 radical (unpaired) electrons. The van der Waals surface area contributed by atoms with E-state index >= 15 is 0 Å². The van der Waals surface area contributed by atoms with Crippen LogP contribution >= 0.6 is 0 Å². The lowest BCUT2D eigenvalue weighted by Crippen LogP contribution is -2.63. The zero-order valence-corrected chi connectivity index (χ0v) is 22.8. The molecule has 0 spiro atoms. The molecule has 39 heavy (non-hydrogen) atoms. The van der Waals surface area contributed by atoms with Crippen LogP contribution in [-0.2, 0) is 21.0 Å². The van der Waals surface area contributed by atoms with E-state index in [-0.39, 0.29) is 36.9 Å². The largest absolute Gasteiger partial charge is 0.392 e. The number of rotatable bonds is 12. The summed E-state index contributed by atoms with van der Waals surface area (Å²) in [6.07, 6.45) is 1.29. The topological polar surface area (TPSA) is 163 Å².